The van der Waals surface area contributed by atoms with E-state index >= 15 is 0 Å². The molecule has 128 valence electrons. The zero-order valence-corrected chi connectivity index (χ0v) is 14.6. The van der Waals surface area contributed by atoms with Crippen LogP contribution in [0.3, 0.4) is 0 Å². The minimum atomic E-state index is -0.578. The summed E-state index contributed by atoms with van der Waals surface area (Å²) in [5, 5.41) is 1.51. The second-order valence-corrected chi connectivity index (χ2v) is 5.46. The number of carbonyl (C=O) groups is 1. The first kappa shape index (κ1) is 17.0. The summed E-state index contributed by atoms with van der Waals surface area (Å²) in [5.41, 5.74) is 1.48. The molecule has 1 aromatic carbocycles. The van der Waals surface area contributed by atoms with Crippen LogP contribution in [0.4, 0.5) is 0 Å². The number of benzene rings is 1. The van der Waals surface area contributed by atoms with Crippen molar-refractivity contribution in [3.63, 3.8) is 0 Å². The monoisotopic (exact) mass is 358 g/mol. The molecular formula is C18H15ClN2O4. The summed E-state index contributed by atoms with van der Waals surface area (Å²) in [7, 11) is 4.38. The molecule has 0 spiro atoms. The van der Waals surface area contributed by atoms with E-state index in [2.05, 4.69) is 9.97 Å². The smallest absolute Gasteiger partial charge is 0.357 e. The molecule has 0 aliphatic carbocycles. The number of hydrogen-bond donors (Lipinski definition) is 0. The van der Waals surface area contributed by atoms with Crippen molar-refractivity contribution in [1.29, 1.82) is 0 Å². The summed E-state index contributed by atoms with van der Waals surface area (Å²) in [5.74, 6) is 0.457. The second kappa shape index (κ2) is 6.94. The molecule has 7 heteroatoms. The first-order valence-corrected chi connectivity index (χ1v) is 7.72. The van der Waals surface area contributed by atoms with Crippen LogP contribution in [0.2, 0.25) is 5.15 Å². The van der Waals surface area contributed by atoms with Crippen molar-refractivity contribution in [3.8, 4) is 22.6 Å². The fraction of sp³-hybridized carbons (Fsp3) is 0.167. The van der Waals surface area contributed by atoms with Crippen LogP contribution in [-0.4, -0.2) is 37.3 Å². The van der Waals surface area contributed by atoms with E-state index in [-0.39, 0.29) is 10.8 Å². The van der Waals surface area contributed by atoms with Gasteiger partial charge in [0.25, 0.3) is 0 Å². The molecule has 0 aliphatic rings. The van der Waals surface area contributed by atoms with Crippen LogP contribution >= 0.6 is 11.6 Å². The number of methoxy groups -OCH3 is 3. The van der Waals surface area contributed by atoms with E-state index < -0.39 is 5.97 Å². The first-order valence-electron chi connectivity index (χ1n) is 7.34. The van der Waals surface area contributed by atoms with Gasteiger partial charge in [-0.3, -0.25) is 4.98 Å². The Labute approximate surface area is 149 Å². The van der Waals surface area contributed by atoms with Crippen LogP contribution in [0.5, 0.6) is 11.5 Å². The van der Waals surface area contributed by atoms with Crippen molar-refractivity contribution in [2.24, 2.45) is 0 Å². The van der Waals surface area contributed by atoms with Crippen molar-refractivity contribution >= 4 is 28.3 Å². The summed E-state index contributed by atoms with van der Waals surface area (Å²) < 4.78 is 15.6. The molecular weight excluding hydrogens is 344 g/mol. The van der Waals surface area contributed by atoms with Crippen molar-refractivity contribution in [1.82, 2.24) is 9.97 Å². The predicted molar refractivity (Wildman–Crippen MR) is 94.4 cm³/mol. The topological polar surface area (TPSA) is 70.5 Å². The van der Waals surface area contributed by atoms with Crippen molar-refractivity contribution in [2.45, 2.75) is 0 Å². The number of esters is 1. The third-order valence-corrected chi connectivity index (χ3v) is 4.10. The SMILES string of the molecule is COC(=O)c1nc(Cl)c2cc(OC)c(OC)cc2c1-c1ccncc1. The molecule has 0 N–H and O–H groups in total. The molecule has 0 fully saturated rings. The van der Waals surface area contributed by atoms with E-state index in [4.69, 9.17) is 25.8 Å². The Kier molecular flexibility index (Phi) is 4.72. The summed E-state index contributed by atoms with van der Waals surface area (Å²) in [6.45, 7) is 0. The Bertz CT molecular complexity index is 945. The summed E-state index contributed by atoms with van der Waals surface area (Å²) in [6, 6.07) is 7.07. The number of halogens is 1. The van der Waals surface area contributed by atoms with Crippen molar-refractivity contribution < 1.29 is 19.0 Å². The number of nitrogens with zero attached hydrogens (tertiary/aromatic N) is 2. The number of carbonyl (C=O) groups excluding carboxylic acids is 1. The van der Waals surface area contributed by atoms with E-state index in [9.17, 15) is 4.79 Å². The Morgan fingerprint density at radius 2 is 1.60 bits per heavy atom. The highest BCUT2D eigenvalue weighted by Gasteiger charge is 2.22. The average Bonchev–Trinajstić information content (AvgIpc) is 2.66. The maximum atomic E-state index is 12.3. The molecule has 0 saturated carbocycles. The molecule has 3 rings (SSSR count). The number of pyridine rings is 2. The number of hydrogen-bond acceptors (Lipinski definition) is 6. The number of aromatic nitrogens is 2. The molecule has 3 aromatic rings. The Hall–Kier alpha value is -2.86. The quantitative estimate of drug-likeness (QED) is 0.522. The highest BCUT2D eigenvalue weighted by atomic mass is 35.5. The fourth-order valence-corrected chi connectivity index (χ4v) is 2.89. The minimum absolute atomic E-state index is 0.124. The van der Waals surface area contributed by atoms with Crippen molar-refractivity contribution in [2.75, 3.05) is 21.3 Å². The molecule has 0 radical (unpaired) electrons. The van der Waals surface area contributed by atoms with E-state index in [1.165, 1.54) is 14.2 Å². The molecule has 0 unspecified atom stereocenters. The van der Waals surface area contributed by atoms with Gasteiger partial charge >= 0.3 is 5.97 Å². The molecule has 0 bridgehead atoms. The van der Waals surface area contributed by atoms with Crippen LogP contribution in [0, 0.1) is 0 Å². The molecule has 25 heavy (non-hydrogen) atoms. The maximum absolute atomic E-state index is 12.3. The van der Waals surface area contributed by atoms with E-state index in [0.717, 1.165) is 5.56 Å². The summed E-state index contributed by atoms with van der Waals surface area (Å²) >= 11 is 6.32. The highest BCUT2D eigenvalue weighted by molar-refractivity contribution is 6.35. The Morgan fingerprint density at radius 1 is 1.00 bits per heavy atom. The van der Waals surface area contributed by atoms with Crippen LogP contribution in [-0.2, 0) is 4.74 Å². The Balaban J connectivity index is 2.46. The molecule has 2 aromatic heterocycles. The Morgan fingerprint density at radius 3 is 2.16 bits per heavy atom. The molecule has 0 atom stereocenters. The largest absolute Gasteiger partial charge is 0.493 e. The maximum Gasteiger partial charge on any atom is 0.357 e. The lowest BCUT2D eigenvalue weighted by atomic mass is 9.97. The molecule has 0 saturated heterocycles. The van der Waals surface area contributed by atoms with Gasteiger partial charge in [-0.15, -0.1) is 0 Å². The van der Waals surface area contributed by atoms with Gasteiger partial charge < -0.3 is 14.2 Å². The molecule has 0 amide bonds. The normalized spacial score (nSPS) is 10.6. The van der Waals surface area contributed by atoms with Gasteiger partial charge in [-0.2, -0.15) is 0 Å². The van der Waals surface area contributed by atoms with Gasteiger partial charge in [0.05, 0.1) is 21.3 Å². The lowest BCUT2D eigenvalue weighted by Crippen LogP contribution is -2.08. The first-order chi connectivity index (χ1) is 12.1. The zero-order valence-electron chi connectivity index (χ0n) is 13.9. The van der Waals surface area contributed by atoms with Gasteiger partial charge in [0.1, 0.15) is 5.15 Å². The zero-order chi connectivity index (χ0) is 18.0. The summed E-state index contributed by atoms with van der Waals surface area (Å²) in [4.78, 5) is 20.5. The lowest BCUT2D eigenvalue weighted by molar-refractivity contribution is 0.0595. The number of rotatable bonds is 4. The standard InChI is InChI=1S/C18H15ClN2O4/c1-23-13-8-11-12(9-14(13)24-2)17(19)21-16(18(22)25-3)15(11)10-4-6-20-7-5-10/h4-9H,1-3H3. The predicted octanol–water partition coefficient (Wildman–Crippen LogP) is 3.75. The second-order valence-electron chi connectivity index (χ2n) is 5.11. The van der Waals surface area contributed by atoms with E-state index in [0.29, 0.717) is 27.8 Å². The van der Waals surface area contributed by atoms with Crippen molar-refractivity contribution in [3.05, 3.63) is 47.5 Å². The number of fused-ring (bicyclic) bond motifs is 1. The third-order valence-electron chi connectivity index (χ3n) is 3.81. The van der Waals surface area contributed by atoms with Gasteiger partial charge in [0, 0.05) is 23.3 Å². The molecule has 6 nitrogen and oxygen atoms in total. The minimum Gasteiger partial charge on any atom is -0.493 e. The van der Waals surface area contributed by atoms with Gasteiger partial charge in [-0.25, -0.2) is 9.78 Å². The lowest BCUT2D eigenvalue weighted by Gasteiger charge is -2.15. The summed E-state index contributed by atoms with van der Waals surface area (Å²) in [6.07, 6.45) is 3.27. The van der Waals surface area contributed by atoms with Crippen LogP contribution in [0.15, 0.2) is 36.7 Å². The van der Waals surface area contributed by atoms with Gasteiger partial charge in [-0.1, -0.05) is 11.6 Å². The highest BCUT2D eigenvalue weighted by Crippen LogP contribution is 2.40. The molecule has 2 heterocycles. The molecule has 0 aliphatic heterocycles. The number of ether oxygens (including phenoxy) is 3. The van der Waals surface area contributed by atoms with E-state index in [1.54, 1.807) is 43.8 Å². The van der Waals surface area contributed by atoms with Crippen LogP contribution < -0.4 is 9.47 Å². The average molecular weight is 359 g/mol. The van der Waals surface area contributed by atoms with Gasteiger partial charge in [0.15, 0.2) is 17.2 Å². The van der Waals surface area contributed by atoms with E-state index in [1.807, 2.05) is 0 Å². The van der Waals surface area contributed by atoms with Gasteiger partial charge in [-0.05, 0) is 35.2 Å². The van der Waals surface area contributed by atoms with Gasteiger partial charge in [0.2, 0.25) is 0 Å². The van der Waals surface area contributed by atoms with Crippen LogP contribution in [0.25, 0.3) is 21.9 Å². The third kappa shape index (κ3) is 2.96. The fourth-order valence-electron chi connectivity index (χ4n) is 2.65. The van der Waals surface area contributed by atoms with Crippen LogP contribution in [0.1, 0.15) is 10.5 Å².